The second kappa shape index (κ2) is 5.07. The topological polar surface area (TPSA) is 53.2 Å². The molecule has 2 amide bonds. The van der Waals surface area contributed by atoms with E-state index in [2.05, 4.69) is 16.0 Å². The predicted molar refractivity (Wildman–Crippen MR) is 52.6 cm³/mol. The van der Waals surface area contributed by atoms with Crippen LogP contribution in [0.2, 0.25) is 0 Å². The molecule has 76 valence electrons. The Bertz CT molecular complexity index is 164. The monoisotopic (exact) mass is 185 g/mol. The highest BCUT2D eigenvalue weighted by Gasteiger charge is 2.14. The molecule has 0 aliphatic carbocycles. The van der Waals surface area contributed by atoms with Crippen LogP contribution in [0.5, 0.6) is 0 Å². The first-order valence-corrected chi connectivity index (χ1v) is 4.93. The minimum absolute atomic E-state index is 0.0538. The van der Waals surface area contributed by atoms with E-state index in [1.807, 2.05) is 13.8 Å². The van der Waals surface area contributed by atoms with Crippen molar-refractivity contribution in [2.24, 2.45) is 5.92 Å². The van der Waals surface area contributed by atoms with Gasteiger partial charge in [0.15, 0.2) is 0 Å². The maximum absolute atomic E-state index is 11.2. The average Bonchev–Trinajstić information content (AvgIpc) is 2.51. The van der Waals surface area contributed by atoms with E-state index < -0.39 is 0 Å². The summed E-state index contributed by atoms with van der Waals surface area (Å²) in [6, 6.07) is 0.156. The molecule has 1 fully saturated rings. The summed E-state index contributed by atoms with van der Waals surface area (Å²) in [6.45, 7) is 6.80. The molecule has 0 spiro atoms. The van der Waals surface area contributed by atoms with Crippen molar-refractivity contribution in [3.05, 3.63) is 0 Å². The molecule has 0 aromatic heterocycles. The average molecular weight is 185 g/mol. The summed E-state index contributed by atoms with van der Waals surface area (Å²) in [4.78, 5) is 11.2. The normalized spacial score (nSPS) is 21.9. The van der Waals surface area contributed by atoms with Crippen LogP contribution in [0.25, 0.3) is 0 Å². The van der Waals surface area contributed by atoms with Gasteiger partial charge in [-0.1, -0.05) is 0 Å². The van der Waals surface area contributed by atoms with Crippen LogP contribution in [0.4, 0.5) is 4.79 Å². The standard InChI is InChI=1S/C9H19N3O/c1-7(2)12-9(13)11-6-8-3-4-10-5-8/h7-8,10H,3-6H2,1-2H3,(H2,11,12,13). The maximum atomic E-state index is 11.2. The summed E-state index contributed by atoms with van der Waals surface area (Å²) in [5, 5.41) is 8.93. The first-order valence-electron chi connectivity index (χ1n) is 4.93. The van der Waals surface area contributed by atoms with E-state index in [9.17, 15) is 4.79 Å². The molecular weight excluding hydrogens is 166 g/mol. The Morgan fingerprint density at radius 2 is 2.38 bits per heavy atom. The first kappa shape index (κ1) is 10.3. The molecule has 1 rings (SSSR count). The van der Waals surface area contributed by atoms with Gasteiger partial charge in [0, 0.05) is 12.6 Å². The van der Waals surface area contributed by atoms with Gasteiger partial charge in [-0.2, -0.15) is 0 Å². The summed E-state index contributed by atoms with van der Waals surface area (Å²) in [5.74, 6) is 0.609. The highest BCUT2D eigenvalue weighted by Crippen LogP contribution is 2.04. The van der Waals surface area contributed by atoms with Crippen LogP contribution in [-0.4, -0.2) is 31.7 Å². The Labute approximate surface area is 79.5 Å². The molecule has 0 bridgehead atoms. The summed E-state index contributed by atoms with van der Waals surface area (Å²) < 4.78 is 0. The van der Waals surface area contributed by atoms with Crippen molar-refractivity contribution in [3.63, 3.8) is 0 Å². The quantitative estimate of drug-likeness (QED) is 0.592. The Balaban J connectivity index is 2.07. The molecule has 0 aromatic rings. The number of urea groups is 1. The number of nitrogens with one attached hydrogen (secondary N) is 3. The molecule has 1 unspecified atom stereocenters. The lowest BCUT2D eigenvalue weighted by Gasteiger charge is -2.12. The Morgan fingerprint density at radius 3 is 2.92 bits per heavy atom. The van der Waals surface area contributed by atoms with Crippen LogP contribution in [-0.2, 0) is 0 Å². The Hall–Kier alpha value is -0.770. The van der Waals surface area contributed by atoms with Gasteiger partial charge in [-0.25, -0.2) is 4.79 Å². The molecule has 1 heterocycles. The zero-order valence-corrected chi connectivity index (χ0v) is 8.39. The van der Waals surface area contributed by atoms with Gasteiger partial charge >= 0.3 is 6.03 Å². The van der Waals surface area contributed by atoms with Gasteiger partial charge < -0.3 is 16.0 Å². The van der Waals surface area contributed by atoms with Crippen LogP contribution in [0, 0.1) is 5.92 Å². The van der Waals surface area contributed by atoms with Crippen molar-refractivity contribution in [1.82, 2.24) is 16.0 Å². The summed E-state index contributed by atoms with van der Waals surface area (Å²) in [5.41, 5.74) is 0. The first-order chi connectivity index (χ1) is 6.18. The number of hydrogen-bond donors (Lipinski definition) is 3. The molecule has 13 heavy (non-hydrogen) atoms. The zero-order valence-electron chi connectivity index (χ0n) is 8.39. The third kappa shape index (κ3) is 4.12. The van der Waals surface area contributed by atoms with Gasteiger partial charge in [0.25, 0.3) is 0 Å². The lowest BCUT2D eigenvalue weighted by atomic mass is 10.1. The SMILES string of the molecule is CC(C)NC(=O)NCC1CCNC1. The van der Waals surface area contributed by atoms with Gasteiger partial charge in [-0.05, 0) is 39.3 Å². The predicted octanol–water partition coefficient (Wildman–Crippen LogP) is 0.304. The Morgan fingerprint density at radius 1 is 1.62 bits per heavy atom. The number of carbonyl (C=O) groups excluding carboxylic acids is 1. The fraction of sp³-hybridized carbons (Fsp3) is 0.889. The van der Waals surface area contributed by atoms with Gasteiger partial charge in [0.2, 0.25) is 0 Å². The van der Waals surface area contributed by atoms with Crippen LogP contribution in [0.3, 0.4) is 0 Å². The highest BCUT2D eigenvalue weighted by atomic mass is 16.2. The van der Waals surface area contributed by atoms with Crippen molar-refractivity contribution in [2.75, 3.05) is 19.6 Å². The fourth-order valence-corrected chi connectivity index (χ4v) is 1.44. The van der Waals surface area contributed by atoms with E-state index in [-0.39, 0.29) is 12.1 Å². The molecular formula is C9H19N3O. The fourth-order valence-electron chi connectivity index (χ4n) is 1.44. The van der Waals surface area contributed by atoms with E-state index in [4.69, 9.17) is 0 Å². The van der Waals surface area contributed by atoms with Gasteiger partial charge in [-0.15, -0.1) is 0 Å². The van der Waals surface area contributed by atoms with E-state index in [1.54, 1.807) is 0 Å². The van der Waals surface area contributed by atoms with Crippen molar-refractivity contribution in [2.45, 2.75) is 26.3 Å². The summed E-state index contributed by atoms with van der Waals surface area (Å²) in [7, 11) is 0. The molecule has 1 atom stereocenters. The molecule has 4 nitrogen and oxygen atoms in total. The molecule has 3 N–H and O–H groups in total. The van der Waals surface area contributed by atoms with E-state index in [0.29, 0.717) is 5.92 Å². The third-order valence-electron chi connectivity index (χ3n) is 2.13. The lowest BCUT2D eigenvalue weighted by Crippen LogP contribution is -2.41. The van der Waals surface area contributed by atoms with Crippen LogP contribution < -0.4 is 16.0 Å². The second-order valence-corrected chi connectivity index (χ2v) is 3.87. The van der Waals surface area contributed by atoms with Crippen molar-refractivity contribution < 1.29 is 4.79 Å². The van der Waals surface area contributed by atoms with Crippen LogP contribution >= 0.6 is 0 Å². The number of carbonyl (C=O) groups is 1. The summed E-state index contributed by atoms with van der Waals surface area (Å²) in [6.07, 6.45) is 1.17. The lowest BCUT2D eigenvalue weighted by molar-refractivity contribution is 0.237. The van der Waals surface area contributed by atoms with E-state index in [1.165, 1.54) is 6.42 Å². The molecule has 1 saturated heterocycles. The third-order valence-corrected chi connectivity index (χ3v) is 2.13. The zero-order chi connectivity index (χ0) is 9.68. The molecule has 1 aliphatic rings. The van der Waals surface area contributed by atoms with Crippen LogP contribution in [0.15, 0.2) is 0 Å². The maximum Gasteiger partial charge on any atom is 0.314 e. The van der Waals surface area contributed by atoms with Gasteiger partial charge in [0.1, 0.15) is 0 Å². The minimum atomic E-state index is -0.0538. The Kier molecular flexibility index (Phi) is 4.02. The molecule has 0 radical (unpaired) electrons. The number of rotatable bonds is 3. The second-order valence-electron chi connectivity index (χ2n) is 3.87. The van der Waals surface area contributed by atoms with E-state index >= 15 is 0 Å². The number of hydrogen-bond acceptors (Lipinski definition) is 2. The largest absolute Gasteiger partial charge is 0.338 e. The summed E-state index contributed by atoms with van der Waals surface area (Å²) >= 11 is 0. The molecule has 4 heteroatoms. The molecule has 1 aliphatic heterocycles. The van der Waals surface area contributed by atoms with Crippen molar-refractivity contribution in [3.8, 4) is 0 Å². The van der Waals surface area contributed by atoms with Crippen molar-refractivity contribution in [1.29, 1.82) is 0 Å². The smallest absolute Gasteiger partial charge is 0.314 e. The van der Waals surface area contributed by atoms with E-state index in [0.717, 1.165) is 19.6 Å². The molecule has 0 saturated carbocycles. The van der Waals surface area contributed by atoms with Crippen molar-refractivity contribution >= 4 is 6.03 Å². The highest BCUT2D eigenvalue weighted by molar-refractivity contribution is 5.74. The minimum Gasteiger partial charge on any atom is -0.338 e. The molecule has 0 aromatic carbocycles. The van der Waals surface area contributed by atoms with Gasteiger partial charge in [0.05, 0.1) is 0 Å². The van der Waals surface area contributed by atoms with Gasteiger partial charge in [-0.3, -0.25) is 0 Å². The van der Waals surface area contributed by atoms with Crippen LogP contribution in [0.1, 0.15) is 20.3 Å². The number of amides is 2.